The average Bonchev–Trinajstić information content (AvgIpc) is 2.36. The third-order valence-electron chi connectivity index (χ3n) is 4.78. The van der Waals surface area contributed by atoms with Crippen LogP contribution in [0.5, 0.6) is 0 Å². The molecular weight excluding hydrogens is 319 g/mol. The zero-order valence-electron chi connectivity index (χ0n) is 15.5. The summed E-state index contributed by atoms with van der Waals surface area (Å²) in [4.78, 5) is 21.5. The Hall–Kier alpha value is -0.460. The summed E-state index contributed by atoms with van der Waals surface area (Å²) in [6.45, 7) is 11.9. The van der Waals surface area contributed by atoms with E-state index >= 15 is 0 Å². The molecule has 7 nitrogen and oxygen atoms in total. The summed E-state index contributed by atoms with van der Waals surface area (Å²) < 4.78 is 15.4. The summed E-state index contributed by atoms with van der Waals surface area (Å²) in [5.41, 5.74) is -0.597. The van der Waals surface area contributed by atoms with Crippen LogP contribution in [-0.2, 0) is 14.0 Å². The largest absolute Gasteiger partial charge is 0.355 e. The van der Waals surface area contributed by atoms with Crippen molar-refractivity contribution in [1.82, 2.24) is 5.32 Å². The van der Waals surface area contributed by atoms with Crippen LogP contribution in [0.15, 0.2) is 0 Å². The summed E-state index contributed by atoms with van der Waals surface area (Å²) in [5.74, 6) is 0.0264. The molecule has 0 aliphatic rings. The van der Waals surface area contributed by atoms with Crippen molar-refractivity contribution < 1.29 is 28.7 Å². The van der Waals surface area contributed by atoms with Crippen molar-refractivity contribution in [2.75, 3.05) is 39.9 Å². The lowest BCUT2D eigenvalue weighted by Gasteiger charge is -2.37. The Balaban J connectivity index is 4.30. The number of quaternary nitrogens is 1. The van der Waals surface area contributed by atoms with Gasteiger partial charge in [-0.2, -0.15) is 4.67 Å². The second-order valence-corrected chi connectivity index (χ2v) is 10.2. The van der Waals surface area contributed by atoms with E-state index in [0.29, 0.717) is 30.5 Å². The van der Waals surface area contributed by atoms with Gasteiger partial charge in [-0.1, -0.05) is 34.6 Å². The minimum atomic E-state index is -3.87. The van der Waals surface area contributed by atoms with Crippen molar-refractivity contribution in [3.8, 4) is 0 Å². The van der Waals surface area contributed by atoms with E-state index in [2.05, 4.69) is 9.99 Å². The Kier molecular flexibility index (Phi) is 7.92. The van der Waals surface area contributed by atoms with E-state index in [1.165, 1.54) is 0 Å². The molecule has 3 N–H and O–H groups in total. The predicted octanol–water partition coefficient (Wildman–Crippen LogP) is 2.32. The molecule has 23 heavy (non-hydrogen) atoms. The summed E-state index contributed by atoms with van der Waals surface area (Å²) >= 11 is 0. The maximum absolute atomic E-state index is 12.3. The van der Waals surface area contributed by atoms with Gasteiger partial charge in [-0.15, -0.1) is 0 Å². The minimum Gasteiger partial charge on any atom is -0.350 e. The van der Waals surface area contributed by atoms with E-state index in [1.54, 1.807) is 0 Å². The average molecular weight is 353 g/mol. The number of hydrogen-bond donors (Lipinski definition) is 3. The summed E-state index contributed by atoms with van der Waals surface area (Å²) in [5, 5.41) is 11.3. The second-order valence-electron chi connectivity index (χ2n) is 8.31. The molecule has 0 aromatic carbocycles. The van der Waals surface area contributed by atoms with Gasteiger partial charge in [0.1, 0.15) is 0 Å². The fourth-order valence-corrected chi connectivity index (χ4v) is 2.51. The van der Waals surface area contributed by atoms with Crippen LogP contribution in [0.4, 0.5) is 0 Å². The quantitative estimate of drug-likeness (QED) is 0.256. The number of carbonyl (C=O) groups excluding carboxylic acids is 1. The SMILES string of the molecule is CC(C)(C)C(C)(C)C(=O)NCC[N+](C)(C)CCCP(=O)(O)OO. The van der Waals surface area contributed by atoms with Crippen molar-refractivity contribution >= 4 is 13.5 Å². The lowest BCUT2D eigenvalue weighted by Crippen LogP contribution is -2.50. The molecule has 0 aromatic heterocycles. The molecule has 0 bridgehead atoms. The van der Waals surface area contributed by atoms with Crippen molar-refractivity contribution in [2.24, 2.45) is 10.8 Å². The Morgan fingerprint density at radius 3 is 2.13 bits per heavy atom. The van der Waals surface area contributed by atoms with Crippen LogP contribution >= 0.6 is 7.60 Å². The number of hydrogen-bond acceptors (Lipinski definition) is 4. The molecule has 0 spiro atoms. The Morgan fingerprint density at radius 1 is 1.17 bits per heavy atom. The molecule has 1 atom stereocenters. The first-order valence-corrected chi connectivity index (χ1v) is 9.66. The molecule has 138 valence electrons. The molecule has 0 heterocycles. The van der Waals surface area contributed by atoms with E-state index in [4.69, 9.17) is 10.2 Å². The highest BCUT2D eigenvalue weighted by Gasteiger charge is 2.39. The van der Waals surface area contributed by atoms with E-state index in [-0.39, 0.29) is 17.5 Å². The van der Waals surface area contributed by atoms with Gasteiger partial charge in [0.15, 0.2) is 0 Å². The van der Waals surface area contributed by atoms with Crippen LogP contribution in [-0.4, -0.2) is 60.4 Å². The van der Waals surface area contributed by atoms with Crippen LogP contribution < -0.4 is 5.32 Å². The number of likely N-dealkylation sites (N-methyl/N-ethyl adjacent to an activating group) is 1. The smallest absolute Gasteiger partial charge is 0.350 e. The highest BCUT2D eigenvalue weighted by atomic mass is 31.2. The first kappa shape index (κ1) is 22.5. The number of carbonyl (C=O) groups is 1. The molecule has 0 aromatic rings. The van der Waals surface area contributed by atoms with Crippen LogP contribution in [0, 0.1) is 10.8 Å². The van der Waals surface area contributed by atoms with Gasteiger partial charge in [0, 0.05) is 11.8 Å². The maximum Gasteiger partial charge on any atom is 0.355 e. The molecule has 0 aliphatic carbocycles. The standard InChI is InChI=1S/C15H33N2O5P/c1-14(2,3)15(4,5)13(18)16-9-11-17(6,7)10-8-12-23(20,21)22-19/h8-12H2,1-7H3,(H2-,16,18,19,20,21)/p+1. The second kappa shape index (κ2) is 8.08. The molecule has 1 unspecified atom stereocenters. The van der Waals surface area contributed by atoms with Crippen LogP contribution in [0.1, 0.15) is 41.0 Å². The van der Waals surface area contributed by atoms with Gasteiger partial charge in [-0.3, -0.25) is 9.36 Å². The normalized spacial score (nSPS) is 16.0. The monoisotopic (exact) mass is 353 g/mol. The molecule has 8 heteroatoms. The topological polar surface area (TPSA) is 95.9 Å². The fraction of sp³-hybridized carbons (Fsp3) is 0.933. The number of rotatable bonds is 9. The van der Waals surface area contributed by atoms with Gasteiger partial charge < -0.3 is 14.7 Å². The highest BCUT2D eigenvalue weighted by Crippen LogP contribution is 2.41. The van der Waals surface area contributed by atoms with E-state index in [9.17, 15) is 9.36 Å². The predicted molar refractivity (Wildman–Crippen MR) is 91.1 cm³/mol. The third kappa shape index (κ3) is 7.77. The minimum absolute atomic E-state index is 0.0264. The van der Waals surface area contributed by atoms with Crippen molar-refractivity contribution in [2.45, 2.75) is 41.0 Å². The summed E-state index contributed by atoms with van der Waals surface area (Å²) in [6.07, 6.45) is 0.358. The first-order valence-electron chi connectivity index (χ1n) is 7.90. The zero-order chi connectivity index (χ0) is 18.5. The van der Waals surface area contributed by atoms with Gasteiger partial charge in [0.05, 0.1) is 39.9 Å². The summed E-state index contributed by atoms with van der Waals surface area (Å²) in [6, 6.07) is 0. The molecule has 0 rings (SSSR count). The van der Waals surface area contributed by atoms with E-state index in [0.717, 1.165) is 0 Å². The van der Waals surface area contributed by atoms with Gasteiger partial charge >= 0.3 is 7.60 Å². The van der Waals surface area contributed by atoms with Gasteiger partial charge in [0.2, 0.25) is 5.91 Å². The number of amides is 1. The molecule has 1 amide bonds. The summed E-state index contributed by atoms with van der Waals surface area (Å²) in [7, 11) is 0.112. The third-order valence-corrected chi connectivity index (χ3v) is 5.91. The first-order chi connectivity index (χ1) is 10.1. The fourth-order valence-electron chi connectivity index (χ4n) is 1.88. The molecule has 0 radical (unpaired) electrons. The zero-order valence-corrected chi connectivity index (χ0v) is 16.4. The van der Waals surface area contributed by atoms with Crippen LogP contribution in [0.25, 0.3) is 0 Å². The Bertz CT molecular complexity index is 444. The van der Waals surface area contributed by atoms with Crippen LogP contribution in [0.3, 0.4) is 0 Å². The van der Waals surface area contributed by atoms with Gasteiger partial charge in [-0.05, 0) is 5.41 Å². The van der Waals surface area contributed by atoms with Gasteiger partial charge in [0.25, 0.3) is 0 Å². The lowest BCUT2D eigenvalue weighted by atomic mass is 9.69. The lowest BCUT2D eigenvalue weighted by molar-refractivity contribution is -0.889. The molecule has 0 saturated heterocycles. The molecular formula is C15H34N2O5P+. The maximum atomic E-state index is 12.3. The van der Waals surface area contributed by atoms with E-state index < -0.39 is 13.0 Å². The molecule has 0 aliphatic heterocycles. The van der Waals surface area contributed by atoms with Crippen LogP contribution in [0.2, 0.25) is 0 Å². The number of nitrogens with one attached hydrogen (secondary N) is 1. The van der Waals surface area contributed by atoms with E-state index in [1.807, 2.05) is 48.7 Å². The highest BCUT2D eigenvalue weighted by molar-refractivity contribution is 7.52. The molecule has 0 saturated carbocycles. The van der Waals surface area contributed by atoms with Crippen molar-refractivity contribution in [3.63, 3.8) is 0 Å². The van der Waals surface area contributed by atoms with Crippen molar-refractivity contribution in [3.05, 3.63) is 0 Å². The van der Waals surface area contributed by atoms with Crippen molar-refractivity contribution in [1.29, 1.82) is 0 Å². The molecule has 0 fully saturated rings. The Morgan fingerprint density at radius 2 is 1.70 bits per heavy atom. The van der Waals surface area contributed by atoms with Gasteiger partial charge in [-0.25, -0.2) is 5.26 Å². The Labute approximate surface area is 140 Å². The number of nitrogens with zero attached hydrogens (tertiary/aromatic N) is 1.